The topological polar surface area (TPSA) is 34.1 Å². The lowest BCUT2D eigenvalue weighted by atomic mass is 9.48. The average Bonchev–Trinajstić information content (AvgIpc) is 2.85. The van der Waals surface area contributed by atoms with Crippen LogP contribution in [-0.4, -0.2) is 11.6 Å². The first kappa shape index (κ1) is 15.4. The van der Waals surface area contributed by atoms with Gasteiger partial charge in [-0.2, -0.15) is 0 Å². The van der Waals surface area contributed by atoms with Crippen molar-refractivity contribution in [3.63, 3.8) is 0 Å². The number of hydrogen-bond acceptors (Lipinski definition) is 2. The number of fused-ring (bicyclic) bond motifs is 5. The van der Waals surface area contributed by atoms with Gasteiger partial charge in [0.05, 0.1) is 0 Å². The van der Waals surface area contributed by atoms with Crippen LogP contribution >= 0.6 is 0 Å². The molecule has 2 heteroatoms. The molecule has 23 heavy (non-hydrogen) atoms. The fourth-order valence-corrected chi connectivity index (χ4v) is 6.66. The molecule has 2 saturated carbocycles. The van der Waals surface area contributed by atoms with E-state index < -0.39 is 0 Å². The van der Waals surface area contributed by atoms with Crippen LogP contribution < -0.4 is 0 Å². The molecule has 0 saturated heterocycles. The normalized spacial score (nSPS) is 48.3. The molecule has 4 aliphatic carbocycles. The van der Waals surface area contributed by atoms with Crippen LogP contribution in [0.4, 0.5) is 0 Å². The van der Waals surface area contributed by atoms with E-state index in [0.29, 0.717) is 35.7 Å². The Balaban J connectivity index is 1.72. The van der Waals surface area contributed by atoms with Crippen LogP contribution in [0.25, 0.3) is 0 Å². The van der Waals surface area contributed by atoms with Gasteiger partial charge in [0, 0.05) is 12.3 Å². The number of hydrogen-bond donors (Lipinski definition) is 0. The van der Waals surface area contributed by atoms with Crippen molar-refractivity contribution >= 4 is 11.6 Å². The summed E-state index contributed by atoms with van der Waals surface area (Å²) in [6, 6.07) is 0. The zero-order chi connectivity index (χ0) is 16.4. The average molecular weight is 312 g/mol. The van der Waals surface area contributed by atoms with E-state index in [1.165, 1.54) is 24.8 Å². The quantitative estimate of drug-likeness (QED) is 0.714. The monoisotopic (exact) mass is 312 g/mol. The molecule has 4 rings (SSSR count). The van der Waals surface area contributed by atoms with Crippen molar-refractivity contribution in [2.45, 2.75) is 59.3 Å². The van der Waals surface area contributed by atoms with E-state index in [1.807, 2.05) is 6.08 Å². The highest BCUT2D eigenvalue weighted by Gasteiger charge is 2.58. The minimum Gasteiger partial charge on any atom is -0.300 e. The Morgan fingerprint density at radius 1 is 1.13 bits per heavy atom. The maximum absolute atomic E-state index is 12.1. The molecule has 2 fully saturated rings. The Kier molecular flexibility index (Phi) is 3.28. The summed E-state index contributed by atoms with van der Waals surface area (Å²) in [6.07, 6.45) is 12.9. The van der Waals surface area contributed by atoms with Crippen molar-refractivity contribution in [1.82, 2.24) is 0 Å². The molecule has 0 aromatic heterocycles. The minimum atomic E-state index is 0.170. The second-order valence-corrected chi connectivity index (χ2v) is 8.92. The fraction of sp³-hybridized carbons (Fsp3) is 0.714. The highest BCUT2D eigenvalue weighted by atomic mass is 16.1. The van der Waals surface area contributed by atoms with Crippen LogP contribution in [0, 0.1) is 34.5 Å². The van der Waals surface area contributed by atoms with E-state index in [-0.39, 0.29) is 16.7 Å². The van der Waals surface area contributed by atoms with E-state index in [4.69, 9.17) is 0 Å². The SMILES string of the molecule is CC(=O)[C@@H]1CC[C@@H]2[C@@H]3C=CC4=CC(=O)CC[C@]4(C)[C@H]3CC[C@@]21C. The van der Waals surface area contributed by atoms with Gasteiger partial charge < -0.3 is 0 Å². The van der Waals surface area contributed by atoms with Crippen LogP contribution in [0.5, 0.6) is 0 Å². The zero-order valence-electron chi connectivity index (χ0n) is 14.6. The van der Waals surface area contributed by atoms with Crippen molar-refractivity contribution in [3.05, 3.63) is 23.8 Å². The second kappa shape index (κ2) is 4.91. The summed E-state index contributed by atoms with van der Waals surface area (Å²) in [6.45, 7) is 6.54. The summed E-state index contributed by atoms with van der Waals surface area (Å²) < 4.78 is 0. The maximum atomic E-state index is 12.1. The summed E-state index contributed by atoms with van der Waals surface area (Å²) >= 11 is 0. The summed E-state index contributed by atoms with van der Waals surface area (Å²) in [4.78, 5) is 24.0. The van der Waals surface area contributed by atoms with Crippen LogP contribution in [0.3, 0.4) is 0 Å². The Morgan fingerprint density at radius 2 is 1.91 bits per heavy atom. The third kappa shape index (κ3) is 1.99. The summed E-state index contributed by atoms with van der Waals surface area (Å²) in [5.74, 6) is 2.83. The highest BCUT2D eigenvalue weighted by molar-refractivity contribution is 5.92. The first-order chi connectivity index (χ1) is 10.9. The van der Waals surface area contributed by atoms with Crippen molar-refractivity contribution in [2.24, 2.45) is 34.5 Å². The van der Waals surface area contributed by atoms with Gasteiger partial charge in [-0.3, -0.25) is 9.59 Å². The van der Waals surface area contributed by atoms with E-state index in [9.17, 15) is 9.59 Å². The van der Waals surface area contributed by atoms with Gasteiger partial charge in [0.1, 0.15) is 5.78 Å². The van der Waals surface area contributed by atoms with Gasteiger partial charge in [0.2, 0.25) is 0 Å². The Bertz CT molecular complexity index is 628. The largest absolute Gasteiger partial charge is 0.300 e. The van der Waals surface area contributed by atoms with Crippen LogP contribution in [0.1, 0.15) is 59.3 Å². The van der Waals surface area contributed by atoms with Crippen LogP contribution in [0.15, 0.2) is 23.8 Å². The highest BCUT2D eigenvalue weighted by Crippen LogP contribution is 2.65. The first-order valence-electron chi connectivity index (χ1n) is 9.30. The van der Waals surface area contributed by atoms with Crippen molar-refractivity contribution in [2.75, 3.05) is 0 Å². The number of carbonyl (C=O) groups is 2. The van der Waals surface area contributed by atoms with E-state index >= 15 is 0 Å². The van der Waals surface area contributed by atoms with Gasteiger partial charge >= 0.3 is 0 Å². The molecule has 2 nitrogen and oxygen atoms in total. The smallest absolute Gasteiger partial charge is 0.156 e. The number of allylic oxidation sites excluding steroid dienone is 4. The molecule has 0 spiro atoms. The minimum absolute atomic E-state index is 0.170. The lowest BCUT2D eigenvalue weighted by Crippen LogP contribution is -2.49. The molecule has 0 aromatic rings. The van der Waals surface area contributed by atoms with E-state index in [1.54, 1.807) is 6.92 Å². The molecule has 0 aliphatic heterocycles. The number of ketones is 2. The predicted octanol–water partition coefficient (Wildman–Crippen LogP) is 4.50. The maximum Gasteiger partial charge on any atom is 0.156 e. The molecule has 0 bridgehead atoms. The fourth-order valence-electron chi connectivity index (χ4n) is 6.66. The van der Waals surface area contributed by atoms with E-state index in [0.717, 1.165) is 12.8 Å². The van der Waals surface area contributed by atoms with Crippen LogP contribution in [0.2, 0.25) is 0 Å². The third-order valence-corrected chi connectivity index (χ3v) is 8.01. The summed E-state index contributed by atoms with van der Waals surface area (Å²) in [5, 5.41) is 0. The Hall–Kier alpha value is -1.18. The lowest BCUT2D eigenvalue weighted by molar-refractivity contribution is -0.127. The molecule has 4 aliphatic rings. The number of Topliss-reactive ketones (excluding diaryl/α,β-unsaturated/α-hetero) is 1. The standard InChI is InChI=1S/C21H28O2/c1-13(22)17-6-7-18-16-5-4-14-12-15(23)8-10-20(14,2)19(16)9-11-21(17,18)3/h4-5,12,16-19H,6-11H2,1-3H3/t16-,17-,18+,19-,20-,21+/m0/s1. The third-order valence-electron chi connectivity index (χ3n) is 8.01. The predicted molar refractivity (Wildman–Crippen MR) is 90.8 cm³/mol. The van der Waals surface area contributed by atoms with Crippen molar-refractivity contribution in [1.29, 1.82) is 0 Å². The van der Waals surface area contributed by atoms with Crippen LogP contribution in [-0.2, 0) is 9.59 Å². The van der Waals surface area contributed by atoms with Gasteiger partial charge in [-0.25, -0.2) is 0 Å². The molecule has 0 N–H and O–H groups in total. The molecular formula is C21H28O2. The molecular weight excluding hydrogens is 284 g/mol. The molecule has 0 radical (unpaired) electrons. The Morgan fingerprint density at radius 3 is 2.65 bits per heavy atom. The number of carbonyl (C=O) groups excluding carboxylic acids is 2. The number of rotatable bonds is 1. The van der Waals surface area contributed by atoms with Gasteiger partial charge in [0.25, 0.3) is 0 Å². The summed E-state index contributed by atoms with van der Waals surface area (Å²) in [7, 11) is 0. The van der Waals surface area contributed by atoms with E-state index in [2.05, 4.69) is 26.0 Å². The van der Waals surface area contributed by atoms with Crippen molar-refractivity contribution in [3.8, 4) is 0 Å². The molecule has 0 aromatic carbocycles. The lowest BCUT2D eigenvalue weighted by Gasteiger charge is -2.55. The van der Waals surface area contributed by atoms with Gasteiger partial charge in [-0.05, 0) is 79.3 Å². The summed E-state index contributed by atoms with van der Waals surface area (Å²) in [5.41, 5.74) is 1.63. The zero-order valence-corrected chi connectivity index (χ0v) is 14.6. The molecule has 6 atom stereocenters. The Labute approximate surface area is 139 Å². The molecule has 0 heterocycles. The first-order valence-corrected chi connectivity index (χ1v) is 9.30. The molecule has 0 unspecified atom stereocenters. The second-order valence-electron chi connectivity index (χ2n) is 8.92. The molecule has 0 amide bonds. The van der Waals surface area contributed by atoms with Gasteiger partial charge in [-0.15, -0.1) is 0 Å². The van der Waals surface area contributed by atoms with Crippen molar-refractivity contribution < 1.29 is 9.59 Å². The van der Waals surface area contributed by atoms with Gasteiger partial charge in [0.15, 0.2) is 5.78 Å². The van der Waals surface area contributed by atoms with Gasteiger partial charge in [-0.1, -0.05) is 26.0 Å². The molecule has 124 valence electrons.